The van der Waals surface area contributed by atoms with Gasteiger partial charge in [-0.3, -0.25) is 0 Å². The maximum absolute atomic E-state index is 5.75. The molecule has 0 radical (unpaired) electrons. The Balaban J connectivity index is 2.25. The van der Waals surface area contributed by atoms with Crippen LogP contribution in [0.2, 0.25) is 0 Å². The normalized spacial score (nSPS) is 13.7. The third-order valence-electron chi connectivity index (χ3n) is 2.57. The van der Waals surface area contributed by atoms with E-state index in [0.29, 0.717) is 0 Å². The average molecular weight is 281 g/mol. The lowest BCUT2D eigenvalue weighted by Gasteiger charge is -2.07. The van der Waals surface area contributed by atoms with Gasteiger partial charge in [-0.2, -0.15) is 0 Å². The first kappa shape index (κ1) is 9.43. The van der Waals surface area contributed by atoms with E-state index in [4.69, 9.17) is 4.74 Å². The number of thiophene rings is 1. The summed E-state index contributed by atoms with van der Waals surface area (Å²) in [5.74, 6) is 0.988. The van der Waals surface area contributed by atoms with Gasteiger partial charge in [-0.15, -0.1) is 11.3 Å². The molecule has 3 rings (SSSR count). The lowest BCUT2D eigenvalue weighted by Crippen LogP contribution is -1.97. The molecule has 0 fully saturated rings. The Morgan fingerprint density at radius 1 is 1.20 bits per heavy atom. The predicted molar refractivity (Wildman–Crippen MR) is 66.7 cm³/mol. The van der Waals surface area contributed by atoms with E-state index in [-0.39, 0.29) is 0 Å². The topological polar surface area (TPSA) is 9.23 Å². The summed E-state index contributed by atoms with van der Waals surface area (Å²) in [5, 5.41) is 2.15. The number of benzene rings is 1. The standard InChI is InChI=1S/C12H9BrOS/c13-8-1-2-9-10-4-6-15-12(10)3-5-14-11(9)7-8/h1-2,4,6-7H,3,5H2. The maximum Gasteiger partial charge on any atom is 0.128 e. The number of hydrogen-bond donors (Lipinski definition) is 0. The Morgan fingerprint density at radius 2 is 2.13 bits per heavy atom. The molecule has 2 heterocycles. The fourth-order valence-electron chi connectivity index (χ4n) is 1.87. The molecule has 76 valence electrons. The minimum atomic E-state index is 0.775. The van der Waals surface area contributed by atoms with E-state index in [1.54, 1.807) is 0 Å². The lowest BCUT2D eigenvalue weighted by molar-refractivity contribution is 0.327. The Bertz CT molecular complexity index is 504. The summed E-state index contributed by atoms with van der Waals surface area (Å²) in [5.41, 5.74) is 2.55. The molecular formula is C12H9BrOS. The van der Waals surface area contributed by atoms with E-state index < -0.39 is 0 Å². The van der Waals surface area contributed by atoms with Gasteiger partial charge < -0.3 is 4.74 Å². The molecule has 1 aliphatic rings. The average Bonchev–Trinajstić information content (AvgIpc) is 2.61. The number of rotatable bonds is 0. The van der Waals surface area contributed by atoms with Crippen LogP contribution >= 0.6 is 27.3 Å². The number of ether oxygens (including phenoxy) is 1. The van der Waals surface area contributed by atoms with E-state index in [2.05, 4.69) is 39.5 Å². The van der Waals surface area contributed by atoms with E-state index >= 15 is 0 Å². The molecule has 0 unspecified atom stereocenters. The van der Waals surface area contributed by atoms with Crippen molar-refractivity contribution < 1.29 is 4.74 Å². The van der Waals surface area contributed by atoms with Gasteiger partial charge in [0.1, 0.15) is 5.75 Å². The van der Waals surface area contributed by atoms with Crippen molar-refractivity contribution in [1.29, 1.82) is 0 Å². The van der Waals surface area contributed by atoms with Crippen molar-refractivity contribution in [2.45, 2.75) is 6.42 Å². The van der Waals surface area contributed by atoms with Gasteiger partial charge in [-0.05, 0) is 35.2 Å². The van der Waals surface area contributed by atoms with Crippen molar-refractivity contribution in [2.24, 2.45) is 0 Å². The summed E-state index contributed by atoms with van der Waals surface area (Å²) in [6.07, 6.45) is 1.01. The molecule has 1 nitrogen and oxygen atoms in total. The summed E-state index contributed by atoms with van der Waals surface area (Å²) in [6, 6.07) is 8.41. The van der Waals surface area contributed by atoms with E-state index in [0.717, 1.165) is 23.2 Å². The van der Waals surface area contributed by atoms with Crippen LogP contribution in [0.5, 0.6) is 5.75 Å². The highest BCUT2D eigenvalue weighted by atomic mass is 79.9. The van der Waals surface area contributed by atoms with Crippen LogP contribution in [-0.2, 0) is 6.42 Å². The van der Waals surface area contributed by atoms with Crippen molar-refractivity contribution in [2.75, 3.05) is 6.61 Å². The minimum absolute atomic E-state index is 0.775. The second-order valence-corrected chi connectivity index (χ2v) is 5.41. The van der Waals surface area contributed by atoms with Crippen molar-refractivity contribution >= 4 is 27.3 Å². The molecule has 15 heavy (non-hydrogen) atoms. The second kappa shape index (κ2) is 3.65. The van der Waals surface area contributed by atoms with Gasteiger partial charge in [-0.1, -0.05) is 15.9 Å². The molecule has 1 aliphatic heterocycles. The highest BCUT2D eigenvalue weighted by Crippen LogP contribution is 2.38. The molecule has 0 atom stereocenters. The molecule has 0 saturated heterocycles. The molecule has 1 aromatic heterocycles. The van der Waals surface area contributed by atoms with Gasteiger partial charge in [0.05, 0.1) is 6.61 Å². The monoisotopic (exact) mass is 280 g/mol. The van der Waals surface area contributed by atoms with Gasteiger partial charge in [0.25, 0.3) is 0 Å². The van der Waals surface area contributed by atoms with Crippen LogP contribution in [0.25, 0.3) is 11.1 Å². The van der Waals surface area contributed by atoms with Crippen molar-refractivity contribution in [3.63, 3.8) is 0 Å². The quantitative estimate of drug-likeness (QED) is 0.706. The van der Waals surface area contributed by atoms with Gasteiger partial charge >= 0.3 is 0 Å². The third kappa shape index (κ3) is 1.60. The Labute approximate surface area is 101 Å². The van der Waals surface area contributed by atoms with Crippen LogP contribution in [0.4, 0.5) is 0 Å². The highest BCUT2D eigenvalue weighted by molar-refractivity contribution is 9.10. The van der Waals surface area contributed by atoms with Gasteiger partial charge in [0.2, 0.25) is 0 Å². The number of fused-ring (bicyclic) bond motifs is 3. The Morgan fingerprint density at radius 3 is 3.07 bits per heavy atom. The predicted octanol–water partition coefficient (Wildman–Crippen LogP) is 4.11. The highest BCUT2D eigenvalue weighted by Gasteiger charge is 2.16. The lowest BCUT2D eigenvalue weighted by atomic mass is 10.1. The molecule has 0 aliphatic carbocycles. The molecule has 0 saturated carbocycles. The first-order valence-corrected chi connectivity index (χ1v) is 6.51. The van der Waals surface area contributed by atoms with E-state index in [9.17, 15) is 0 Å². The van der Waals surface area contributed by atoms with Gasteiger partial charge in [0.15, 0.2) is 0 Å². The molecule has 0 amide bonds. The SMILES string of the molecule is Brc1ccc2c(c1)OCCc1sccc1-2. The Kier molecular flexibility index (Phi) is 2.29. The van der Waals surface area contributed by atoms with Gasteiger partial charge in [0, 0.05) is 21.3 Å². The van der Waals surface area contributed by atoms with Crippen molar-refractivity contribution in [3.8, 4) is 16.9 Å². The first-order chi connectivity index (χ1) is 7.34. The van der Waals surface area contributed by atoms with Crippen molar-refractivity contribution in [1.82, 2.24) is 0 Å². The third-order valence-corrected chi connectivity index (χ3v) is 4.04. The first-order valence-electron chi connectivity index (χ1n) is 4.84. The fraction of sp³-hybridized carbons (Fsp3) is 0.167. The summed E-state index contributed by atoms with van der Waals surface area (Å²) in [7, 11) is 0. The zero-order valence-electron chi connectivity index (χ0n) is 8.00. The van der Waals surface area contributed by atoms with E-state index in [1.807, 2.05) is 17.4 Å². The molecule has 3 heteroatoms. The second-order valence-electron chi connectivity index (χ2n) is 3.50. The number of hydrogen-bond acceptors (Lipinski definition) is 2. The minimum Gasteiger partial charge on any atom is -0.493 e. The fourth-order valence-corrected chi connectivity index (χ4v) is 3.08. The van der Waals surface area contributed by atoms with Crippen LogP contribution < -0.4 is 4.74 Å². The maximum atomic E-state index is 5.75. The van der Waals surface area contributed by atoms with Crippen LogP contribution in [0.3, 0.4) is 0 Å². The summed E-state index contributed by atoms with van der Waals surface area (Å²) >= 11 is 5.28. The van der Waals surface area contributed by atoms with Crippen LogP contribution in [0.15, 0.2) is 34.1 Å². The summed E-state index contributed by atoms with van der Waals surface area (Å²) in [4.78, 5) is 1.43. The van der Waals surface area contributed by atoms with Crippen LogP contribution in [0, 0.1) is 0 Å². The molecule has 0 bridgehead atoms. The Hall–Kier alpha value is -0.800. The zero-order chi connectivity index (χ0) is 10.3. The molecule has 0 spiro atoms. The molecule has 0 N–H and O–H groups in total. The smallest absolute Gasteiger partial charge is 0.128 e. The molecule has 2 aromatic rings. The summed E-state index contributed by atoms with van der Waals surface area (Å²) < 4.78 is 6.82. The number of halogens is 1. The van der Waals surface area contributed by atoms with E-state index in [1.165, 1.54) is 16.0 Å². The molecular weight excluding hydrogens is 272 g/mol. The van der Waals surface area contributed by atoms with Crippen molar-refractivity contribution in [3.05, 3.63) is 39.0 Å². The summed E-state index contributed by atoms with van der Waals surface area (Å²) in [6.45, 7) is 0.775. The molecule has 1 aromatic carbocycles. The largest absolute Gasteiger partial charge is 0.493 e. The zero-order valence-corrected chi connectivity index (χ0v) is 10.4. The van der Waals surface area contributed by atoms with Crippen LogP contribution in [0.1, 0.15) is 4.88 Å². The van der Waals surface area contributed by atoms with Gasteiger partial charge in [-0.25, -0.2) is 0 Å². The van der Waals surface area contributed by atoms with Crippen LogP contribution in [-0.4, -0.2) is 6.61 Å².